The molecule has 3 rings (SSSR count). The van der Waals surface area contributed by atoms with Crippen LogP contribution in [0.5, 0.6) is 0 Å². The van der Waals surface area contributed by atoms with Crippen LogP contribution in [0.3, 0.4) is 0 Å². The van der Waals surface area contributed by atoms with Crippen LogP contribution in [0.2, 0.25) is 0 Å². The Morgan fingerprint density at radius 3 is 2.57 bits per heavy atom. The average molecular weight is 388 g/mol. The highest BCUT2D eigenvalue weighted by Gasteiger charge is 2.18. The van der Waals surface area contributed by atoms with E-state index in [2.05, 4.69) is 37.3 Å². The molecule has 2 fully saturated rings. The van der Waals surface area contributed by atoms with E-state index in [1.165, 1.54) is 38.5 Å². The third-order valence-electron chi connectivity index (χ3n) is 5.79. The van der Waals surface area contributed by atoms with E-state index in [4.69, 9.17) is 4.99 Å². The Hall–Kier alpha value is -1.89. The van der Waals surface area contributed by atoms with Crippen LogP contribution < -0.4 is 15.5 Å². The maximum atomic E-state index is 4.76. The van der Waals surface area contributed by atoms with Crippen LogP contribution >= 0.6 is 0 Å². The van der Waals surface area contributed by atoms with E-state index in [0.717, 1.165) is 70.2 Å². The smallest absolute Gasteiger partial charge is 0.225 e. The molecule has 0 unspecified atom stereocenters. The standard InChI is InChI=1S/C21H37N7/c1-2-22-20(23-10-5-9-19-7-3-4-8-19)24-13-14-27-15-17-28(18-16-27)21-25-11-6-12-26-21/h6,11-12,19H,2-5,7-10,13-18H2,1H3,(H2,22,23,24). The largest absolute Gasteiger partial charge is 0.357 e. The first-order valence-electron chi connectivity index (χ1n) is 11.1. The van der Waals surface area contributed by atoms with E-state index in [1.807, 2.05) is 18.5 Å². The monoisotopic (exact) mass is 387 g/mol. The molecule has 0 radical (unpaired) electrons. The van der Waals surface area contributed by atoms with E-state index in [9.17, 15) is 0 Å². The Morgan fingerprint density at radius 2 is 1.86 bits per heavy atom. The van der Waals surface area contributed by atoms with Crippen molar-refractivity contribution >= 4 is 11.9 Å². The number of rotatable bonds is 9. The fourth-order valence-electron chi connectivity index (χ4n) is 4.17. The zero-order valence-corrected chi connectivity index (χ0v) is 17.4. The molecular formula is C21H37N7. The summed E-state index contributed by atoms with van der Waals surface area (Å²) in [5, 5.41) is 6.87. The van der Waals surface area contributed by atoms with Gasteiger partial charge in [0.1, 0.15) is 0 Å². The Balaban J connectivity index is 1.31. The second kappa shape index (κ2) is 11.8. The molecule has 1 aromatic heterocycles. The number of hydrogen-bond acceptors (Lipinski definition) is 5. The lowest BCUT2D eigenvalue weighted by molar-refractivity contribution is 0.260. The highest BCUT2D eigenvalue weighted by Crippen LogP contribution is 2.28. The summed E-state index contributed by atoms with van der Waals surface area (Å²) in [6, 6.07) is 1.86. The normalized spacial score (nSPS) is 19.2. The van der Waals surface area contributed by atoms with Crippen molar-refractivity contribution in [1.82, 2.24) is 25.5 Å². The molecule has 0 amide bonds. The number of nitrogens with zero attached hydrogens (tertiary/aromatic N) is 5. The number of aliphatic imine (C=N–C) groups is 1. The van der Waals surface area contributed by atoms with E-state index < -0.39 is 0 Å². The zero-order valence-electron chi connectivity index (χ0n) is 17.4. The molecule has 1 aliphatic heterocycles. The predicted molar refractivity (Wildman–Crippen MR) is 116 cm³/mol. The average Bonchev–Trinajstić information content (AvgIpc) is 3.26. The highest BCUT2D eigenvalue weighted by molar-refractivity contribution is 5.79. The second-order valence-electron chi connectivity index (χ2n) is 7.86. The van der Waals surface area contributed by atoms with Gasteiger partial charge in [-0.05, 0) is 31.7 Å². The number of guanidine groups is 1. The molecule has 1 aliphatic carbocycles. The number of hydrogen-bond donors (Lipinski definition) is 2. The first kappa shape index (κ1) is 20.8. The lowest BCUT2D eigenvalue weighted by Crippen LogP contribution is -2.49. The molecule has 28 heavy (non-hydrogen) atoms. The first-order valence-corrected chi connectivity index (χ1v) is 11.1. The van der Waals surface area contributed by atoms with Gasteiger partial charge in [0.2, 0.25) is 5.95 Å². The summed E-state index contributed by atoms with van der Waals surface area (Å²) in [4.78, 5) is 18.2. The van der Waals surface area contributed by atoms with Gasteiger partial charge in [-0.3, -0.25) is 9.89 Å². The number of nitrogens with one attached hydrogen (secondary N) is 2. The van der Waals surface area contributed by atoms with Gasteiger partial charge < -0.3 is 15.5 Å². The summed E-state index contributed by atoms with van der Waals surface area (Å²) in [6.45, 7) is 10.0. The van der Waals surface area contributed by atoms with E-state index in [0.29, 0.717) is 0 Å². The number of aromatic nitrogens is 2. The van der Waals surface area contributed by atoms with Crippen LogP contribution in [0.4, 0.5) is 5.95 Å². The molecule has 1 aromatic rings. The van der Waals surface area contributed by atoms with Crippen molar-refractivity contribution in [3.63, 3.8) is 0 Å². The highest BCUT2D eigenvalue weighted by atomic mass is 15.3. The molecule has 7 nitrogen and oxygen atoms in total. The van der Waals surface area contributed by atoms with Crippen molar-refractivity contribution in [2.24, 2.45) is 10.9 Å². The van der Waals surface area contributed by atoms with Crippen LogP contribution in [-0.2, 0) is 0 Å². The van der Waals surface area contributed by atoms with Crippen molar-refractivity contribution in [2.45, 2.75) is 45.4 Å². The minimum Gasteiger partial charge on any atom is -0.357 e. The third-order valence-corrected chi connectivity index (χ3v) is 5.79. The van der Waals surface area contributed by atoms with Crippen molar-refractivity contribution < 1.29 is 0 Å². The minimum absolute atomic E-state index is 0.847. The summed E-state index contributed by atoms with van der Waals surface area (Å²) in [7, 11) is 0. The zero-order chi connectivity index (χ0) is 19.4. The maximum Gasteiger partial charge on any atom is 0.225 e. The molecule has 0 atom stereocenters. The predicted octanol–water partition coefficient (Wildman–Crippen LogP) is 2.12. The first-order chi connectivity index (χ1) is 13.8. The molecule has 1 saturated carbocycles. The van der Waals surface area contributed by atoms with Gasteiger partial charge in [0, 0.05) is 64.8 Å². The van der Waals surface area contributed by atoms with Crippen molar-refractivity contribution in [3.05, 3.63) is 18.5 Å². The maximum absolute atomic E-state index is 4.76. The van der Waals surface area contributed by atoms with E-state index in [-0.39, 0.29) is 0 Å². The Morgan fingerprint density at radius 1 is 1.11 bits per heavy atom. The van der Waals surface area contributed by atoms with Gasteiger partial charge in [-0.2, -0.15) is 0 Å². The van der Waals surface area contributed by atoms with Gasteiger partial charge in [-0.15, -0.1) is 0 Å². The van der Waals surface area contributed by atoms with Crippen LogP contribution in [0.15, 0.2) is 23.5 Å². The quantitative estimate of drug-likeness (QED) is 0.384. The molecule has 1 saturated heterocycles. The number of piperazine rings is 1. The molecule has 2 aliphatic rings. The number of anilines is 1. The summed E-state index contributed by atoms with van der Waals surface area (Å²) < 4.78 is 0. The summed E-state index contributed by atoms with van der Waals surface area (Å²) in [5.74, 6) is 2.77. The van der Waals surface area contributed by atoms with Crippen LogP contribution in [0.25, 0.3) is 0 Å². The molecule has 0 aromatic carbocycles. The van der Waals surface area contributed by atoms with Crippen molar-refractivity contribution in [1.29, 1.82) is 0 Å². The molecule has 0 bridgehead atoms. The molecule has 0 spiro atoms. The fraction of sp³-hybridized carbons (Fsp3) is 0.762. The minimum atomic E-state index is 0.847. The van der Waals surface area contributed by atoms with Gasteiger partial charge in [0.25, 0.3) is 0 Å². The van der Waals surface area contributed by atoms with Gasteiger partial charge in [0.15, 0.2) is 5.96 Å². The van der Waals surface area contributed by atoms with Crippen molar-refractivity contribution in [3.8, 4) is 0 Å². The van der Waals surface area contributed by atoms with Crippen LogP contribution in [0, 0.1) is 5.92 Å². The molecule has 2 N–H and O–H groups in total. The molecular weight excluding hydrogens is 350 g/mol. The topological polar surface area (TPSA) is 68.7 Å². The van der Waals surface area contributed by atoms with Crippen molar-refractivity contribution in [2.75, 3.05) is 57.3 Å². The SMILES string of the molecule is CCNC(=NCCCC1CCCC1)NCCN1CCN(c2ncccn2)CC1. The second-order valence-corrected chi connectivity index (χ2v) is 7.86. The molecule has 7 heteroatoms. The Kier molecular flexibility index (Phi) is 8.81. The van der Waals surface area contributed by atoms with Crippen LogP contribution in [0.1, 0.15) is 45.4 Å². The lowest BCUT2D eigenvalue weighted by atomic mass is 10.0. The lowest BCUT2D eigenvalue weighted by Gasteiger charge is -2.34. The summed E-state index contributed by atoms with van der Waals surface area (Å²) >= 11 is 0. The fourth-order valence-corrected chi connectivity index (χ4v) is 4.17. The molecule has 156 valence electrons. The Bertz CT molecular complexity index is 563. The Labute approximate surface area is 170 Å². The third kappa shape index (κ3) is 6.93. The van der Waals surface area contributed by atoms with Gasteiger partial charge in [-0.1, -0.05) is 25.7 Å². The van der Waals surface area contributed by atoms with E-state index in [1.54, 1.807) is 0 Å². The van der Waals surface area contributed by atoms with E-state index >= 15 is 0 Å². The van der Waals surface area contributed by atoms with Gasteiger partial charge in [-0.25, -0.2) is 9.97 Å². The molecule has 2 heterocycles. The van der Waals surface area contributed by atoms with Crippen LogP contribution in [-0.4, -0.2) is 73.2 Å². The summed E-state index contributed by atoms with van der Waals surface area (Å²) in [6.07, 6.45) is 11.9. The summed E-state index contributed by atoms with van der Waals surface area (Å²) in [5.41, 5.74) is 0. The van der Waals surface area contributed by atoms with Gasteiger partial charge >= 0.3 is 0 Å². The van der Waals surface area contributed by atoms with Gasteiger partial charge in [0.05, 0.1) is 0 Å².